The Labute approximate surface area is 140 Å². The van der Waals surface area contributed by atoms with Gasteiger partial charge in [0.1, 0.15) is 12.4 Å². The van der Waals surface area contributed by atoms with Crippen LogP contribution in [0.3, 0.4) is 0 Å². The van der Waals surface area contributed by atoms with Crippen molar-refractivity contribution in [3.05, 3.63) is 48.6 Å². The maximum Gasteiger partial charge on any atom is 0.257 e. The lowest BCUT2D eigenvalue weighted by molar-refractivity contribution is -0.0396. The lowest BCUT2D eigenvalue weighted by atomic mass is 9.88. The minimum absolute atomic E-state index is 0.0241. The molecule has 1 amide bonds. The Morgan fingerprint density at radius 1 is 1.29 bits per heavy atom. The molecule has 1 atom stereocenters. The van der Waals surface area contributed by atoms with E-state index in [1.54, 1.807) is 12.3 Å². The summed E-state index contributed by atoms with van der Waals surface area (Å²) >= 11 is 0. The summed E-state index contributed by atoms with van der Waals surface area (Å²) in [6.07, 6.45) is 7.28. The number of amides is 1. The van der Waals surface area contributed by atoms with Crippen LogP contribution in [0.5, 0.6) is 5.88 Å². The maximum atomic E-state index is 12.4. The zero-order valence-electron chi connectivity index (χ0n) is 13.4. The summed E-state index contributed by atoms with van der Waals surface area (Å²) in [5.74, 6) is 0.661. The fraction of sp³-hybridized carbons (Fsp3) is 0.444. The van der Waals surface area contributed by atoms with Crippen molar-refractivity contribution in [2.24, 2.45) is 0 Å². The number of carbonyl (C=O) groups is 1. The van der Waals surface area contributed by atoms with E-state index in [1.165, 1.54) is 12.5 Å². The van der Waals surface area contributed by atoms with Crippen molar-refractivity contribution in [3.8, 4) is 5.88 Å². The van der Waals surface area contributed by atoms with Crippen LogP contribution in [0.1, 0.15) is 29.6 Å². The van der Waals surface area contributed by atoms with Gasteiger partial charge in [0.05, 0.1) is 24.0 Å². The number of pyridine rings is 1. The van der Waals surface area contributed by atoms with Gasteiger partial charge in [-0.05, 0) is 25.0 Å². The van der Waals surface area contributed by atoms with Crippen LogP contribution in [0.4, 0.5) is 0 Å². The first-order chi connectivity index (χ1) is 11.7. The van der Waals surface area contributed by atoms with Gasteiger partial charge in [0.25, 0.3) is 5.91 Å². The molecule has 0 N–H and O–H groups in total. The number of aromatic nitrogens is 1. The molecule has 4 heterocycles. The zero-order chi connectivity index (χ0) is 16.4. The predicted octanol–water partition coefficient (Wildman–Crippen LogP) is 2.52. The minimum Gasteiger partial charge on any atom is -0.472 e. The Kier molecular flexibility index (Phi) is 3.98. The van der Waals surface area contributed by atoms with Gasteiger partial charge >= 0.3 is 0 Å². The highest BCUT2D eigenvalue weighted by molar-refractivity contribution is 5.93. The standard InChI is InChI=1S/C18H20N2O4/c21-17(14-4-10-22-12-14)20-8-5-18(6-9-20)11-15(13-23-18)24-16-3-1-2-7-19-16/h1-4,7,10,12,15H,5-6,8-9,11,13H2/t15-/m0/s1. The third-order valence-electron chi connectivity index (χ3n) is 4.83. The number of carbonyl (C=O) groups excluding carboxylic acids is 1. The highest BCUT2D eigenvalue weighted by Gasteiger charge is 2.44. The summed E-state index contributed by atoms with van der Waals surface area (Å²) in [5, 5.41) is 0. The second-order valence-corrected chi connectivity index (χ2v) is 6.41. The van der Waals surface area contributed by atoms with Crippen LogP contribution in [0.2, 0.25) is 0 Å². The molecule has 24 heavy (non-hydrogen) atoms. The summed E-state index contributed by atoms with van der Waals surface area (Å²) < 4.78 is 17.0. The van der Waals surface area contributed by atoms with Crippen LogP contribution in [0.15, 0.2) is 47.4 Å². The molecule has 1 spiro atoms. The Bertz CT molecular complexity index is 678. The smallest absolute Gasteiger partial charge is 0.257 e. The summed E-state index contributed by atoms with van der Waals surface area (Å²) in [6, 6.07) is 7.34. The third-order valence-corrected chi connectivity index (χ3v) is 4.83. The van der Waals surface area contributed by atoms with Crippen molar-refractivity contribution < 1.29 is 18.7 Å². The Morgan fingerprint density at radius 3 is 2.88 bits per heavy atom. The summed E-state index contributed by atoms with van der Waals surface area (Å²) in [6.45, 7) is 1.97. The monoisotopic (exact) mass is 328 g/mol. The van der Waals surface area contributed by atoms with Gasteiger partial charge in [0.15, 0.2) is 0 Å². The Hall–Kier alpha value is -2.34. The highest BCUT2D eigenvalue weighted by atomic mass is 16.6. The van der Waals surface area contributed by atoms with Crippen molar-refractivity contribution in [2.75, 3.05) is 19.7 Å². The van der Waals surface area contributed by atoms with E-state index in [0.717, 1.165) is 19.3 Å². The lowest BCUT2D eigenvalue weighted by Gasteiger charge is -2.38. The molecule has 4 rings (SSSR count). The molecule has 2 fully saturated rings. The molecular weight excluding hydrogens is 308 g/mol. The Balaban J connectivity index is 1.33. The number of piperidine rings is 1. The third kappa shape index (κ3) is 3.01. The van der Waals surface area contributed by atoms with Crippen LogP contribution >= 0.6 is 0 Å². The average molecular weight is 328 g/mol. The molecule has 2 aliphatic heterocycles. The number of furan rings is 1. The second kappa shape index (κ2) is 6.28. The van der Waals surface area contributed by atoms with E-state index in [2.05, 4.69) is 4.98 Å². The fourth-order valence-corrected chi connectivity index (χ4v) is 3.50. The van der Waals surface area contributed by atoms with Crippen molar-refractivity contribution in [1.82, 2.24) is 9.88 Å². The first-order valence-corrected chi connectivity index (χ1v) is 8.27. The normalized spacial score (nSPS) is 22.7. The molecule has 2 aliphatic rings. The van der Waals surface area contributed by atoms with Crippen LogP contribution in [-0.2, 0) is 4.74 Å². The van der Waals surface area contributed by atoms with Crippen molar-refractivity contribution in [2.45, 2.75) is 31.0 Å². The average Bonchev–Trinajstić information content (AvgIpc) is 3.27. The van der Waals surface area contributed by atoms with Crippen LogP contribution in [0.25, 0.3) is 0 Å². The molecule has 0 saturated carbocycles. The zero-order valence-corrected chi connectivity index (χ0v) is 13.4. The molecule has 0 aliphatic carbocycles. The summed E-state index contributed by atoms with van der Waals surface area (Å²) in [7, 11) is 0. The molecule has 0 aromatic carbocycles. The number of hydrogen-bond acceptors (Lipinski definition) is 5. The van der Waals surface area contributed by atoms with Gasteiger partial charge in [-0.25, -0.2) is 4.98 Å². The quantitative estimate of drug-likeness (QED) is 0.866. The number of nitrogens with zero attached hydrogens (tertiary/aromatic N) is 2. The number of rotatable bonds is 3. The van der Waals surface area contributed by atoms with Crippen molar-refractivity contribution in [3.63, 3.8) is 0 Å². The molecule has 0 radical (unpaired) electrons. The van der Waals surface area contributed by atoms with Crippen molar-refractivity contribution in [1.29, 1.82) is 0 Å². The van der Waals surface area contributed by atoms with Crippen molar-refractivity contribution >= 4 is 5.91 Å². The molecular formula is C18H20N2O4. The summed E-state index contributed by atoms with van der Waals surface area (Å²) in [5.41, 5.74) is 0.432. The molecule has 6 nitrogen and oxygen atoms in total. The van der Waals surface area contributed by atoms with Gasteiger partial charge in [-0.2, -0.15) is 0 Å². The van der Waals surface area contributed by atoms with Gasteiger partial charge in [0, 0.05) is 31.8 Å². The van der Waals surface area contributed by atoms with E-state index in [-0.39, 0.29) is 17.6 Å². The van der Waals surface area contributed by atoms with E-state index in [9.17, 15) is 4.79 Å². The summed E-state index contributed by atoms with van der Waals surface area (Å²) in [4.78, 5) is 18.4. The van der Waals surface area contributed by atoms with Crippen LogP contribution < -0.4 is 4.74 Å². The van der Waals surface area contributed by atoms with Gasteiger partial charge in [-0.15, -0.1) is 0 Å². The fourth-order valence-electron chi connectivity index (χ4n) is 3.50. The topological polar surface area (TPSA) is 64.8 Å². The molecule has 126 valence electrons. The molecule has 2 saturated heterocycles. The molecule has 6 heteroatoms. The van der Waals surface area contributed by atoms with Gasteiger partial charge in [0.2, 0.25) is 5.88 Å². The SMILES string of the molecule is O=C(c1ccoc1)N1CCC2(CC1)C[C@H](Oc1ccccn1)CO2. The molecule has 2 aromatic heterocycles. The predicted molar refractivity (Wildman–Crippen MR) is 85.8 cm³/mol. The van der Waals surface area contributed by atoms with E-state index < -0.39 is 0 Å². The van der Waals surface area contributed by atoms with E-state index in [4.69, 9.17) is 13.9 Å². The number of hydrogen-bond donors (Lipinski definition) is 0. The Morgan fingerprint density at radius 2 is 2.17 bits per heavy atom. The number of ether oxygens (including phenoxy) is 2. The molecule has 2 aromatic rings. The minimum atomic E-state index is -0.174. The largest absolute Gasteiger partial charge is 0.472 e. The maximum absolute atomic E-state index is 12.4. The van der Waals surface area contributed by atoms with Crippen LogP contribution in [-0.4, -0.2) is 47.2 Å². The molecule has 0 bridgehead atoms. The highest BCUT2D eigenvalue weighted by Crippen LogP contribution is 2.37. The molecule has 0 unspecified atom stereocenters. The van der Waals surface area contributed by atoms with Crippen LogP contribution in [0, 0.1) is 0 Å². The van der Waals surface area contributed by atoms with Gasteiger partial charge in [-0.1, -0.05) is 6.07 Å². The first-order valence-electron chi connectivity index (χ1n) is 8.27. The van der Waals surface area contributed by atoms with Gasteiger partial charge < -0.3 is 18.8 Å². The lowest BCUT2D eigenvalue weighted by Crippen LogP contribution is -2.46. The number of likely N-dealkylation sites (tertiary alicyclic amines) is 1. The first kappa shape index (κ1) is 15.2. The second-order valence-electron chi connectivity index (χ2n) is 6.41. The van der Waals surface area contributed by atoms with E-state index in [0.29, 0.717) is 31.1 Å². The van der Waals surface area contributed by atoms with E-state index in [1.807, 2.05) is 23.1 Å². The van der Waals surface area contributed by atoms with Gasteiger partial charge in [-0.3, -0.25) is 4.79 Å². The van der Waals surface area contributed by atoms with E-state index >= 15 is 0 Å².